The predicted octanol–water partition coefficient (Wildman–Crippen LogP) is 1.80. The summed E-state index contributed by atoms with van der Waals surface area (Å²) in [5.41, 5.74) is 1.57. The first kappa shape index (κ1) is 7.80. The highest BCUT2D eigenvalue weighted by molar-refractivity contribution is 5.00. The number of hydrogen-bond acceptors (Lipinski definition) is 0. The Morgan fingerprint density at radius 2 is 2.30 bits per heavy atom. The summed E-state index contributed by atoms with van der Waals surface area (Å²) in [6, 6.07) is 0. The van der Waals surface area contributed by atoms with Crippen molar-refractivity contribution in [3.63, 3.8) is 0 Å². The summed E-state index contributed by atoms with van der Waals surface area (Å²) in [5, 5.41) is 0. The molecule has 1 rings (SSSR count). The summed E-state index contributed by atoms with van der Waals surface area (Å²) >= 11 is 0. The summed E-state index contributed by atoms with van der Waals surface area (Å²) in [4.78, 5) is 0. The first-order valence-corrected chi connectivity index (χ1v) is 4.15. The smallest absolute Gasteiger partial charge is 0.0974 e. The predicted molar refractivity (Wildman–Crippen MR) is 44.8 cm³/mol. The molecule has 1 atom stereocenters. The largest absolute Gasteiger partial charge is 0.323 e. The normalized spacial score (nSPS) is 33.7. The van der Waals surface area contributed by atoms with Crippen molar-refractivity contribution in [3.05, 3.63) is 11.6 Å². The van der Waals surface area contributed by atoms with Gasteiger partial charge in [-0.3, -0.25) is 0 Å². The van der Waals surface area contributed by atoms with Crippen molar-refractivity contribution in [3.8, 4) is 0 Å². The minimum atomic E-state index is 1.23. The van der Waals surface area contributed by atoms with Crippen molar-refractivity contribution in [1.82, 2.24) is 0 Å². The zero-order valence-electron chi connectivity index (χ0n) is 7.35. The van der Waals surface area contributed by atoms with Gasteiger partial charge in [0, 0.05) is 6.42 Å². The maximum Gasteiger partial charge on any atom is 0.0974 e. The van der Waals surface area contributed by atoms with E-state index in [1.807, 2.05) is 0 Å². The Balaban J connectivity index is 2.56. The molecule has 0 radical (unpaired) electrons. The van der Waals surface area contributed by atoms with Crippen LogP contribution in [0.1, 0.15) is 20.3 Å². The van der Waals surface area contributed by atoms with Crippen LogP contribution in [0.15, 0.2) is 11.6 Å². The quantitative estimate of drug-likeness (QED) is 0.385. The van der Waals surface area contributed by atoms with Gasteiger partial charge in [0.2, 0.25) is 0 Å². The lowest BCUT2D eigenvalue weighted by atomic mass is 10.1. The molecule has 1 heterocycles. The second-order valence-electron chi connectivity index (χ2n) is 3.64. The molecule has 0 N–H and O–H groups in total. The van der Waals surface area contributed by atoms with E-state index in [4.69, 9.17) is 0 Å². The van der Waals surface area contributed by atoms with E-state index < -0.39 is 0 Å². The highest BCUT2D eigenvalue weighted by Crippen LogP contribution is 2.14. The molecule has 0 spiro atoms. The summed E-state index contributed by atoms with van der Waals surface area (Å²) in [5.74, 6) is 0. The van der Waals surface area contributed by atoms with E-state index in [0.29, 0.717) is 0 Å². The first-order chi connectivity index (χ1) is 4.66. The molecule has 1 aliphatic rings. The molecule has 58 valence electrons. The summed E-state index contributed by atoms with van der Waals surface area (Å²) in [6.07, 6.45) is 3.68. The van der Waals surface area contributed by atoms with Gasteiger partial charge in [0.25, 0.3) is 0 Å². The van der Waals surface area contributed by atoms with Crippen molar-refractivity contribution in [2.75, 3.05) is 26.7 Å². The molecule has 0 bridgehead atoms. The third kappa shape index (κ3) is 1.60. The molecule has 0 amide bonds. The molecule has 1 aliphatic heterocycles. The fourth-order valence-corrected chi connectivity index (χ4v) is 1.30. The molecule has 0 aromatic heterocycles. The third-order valence-corrected chi connectivity index (χ3v) is 2.69. The van der Waals surface area contributed by atoms with Gasteiger partial charge in [-0.05, 0) is 19.9 Å². The van der Waals surface area contributed by atoms with Crippen LogP contribution in [0.3, 0.4) is 0 Å². The number of hydrogen-bond donors (Lipinski definition) is 0. The summed E-state index contributed by atoms with van der Waals surface area (Å²) in [6.45, 7) is 8.35. The van der Waals surface area contributed by atoms with Crippen LogP contribution in [0.4, 0.5) is 0 Å². The van der Waals surface area contributed by atoms with Crippen LogP contribution in [-0.4, -0.2) is 31.2 Å². The molecule has 10 heavy (non-hydrogen) atoms. The second-order valence-corrected chi connectivity index (χ2v) is 3.64. The van der Waals surface area contributed by atoms with Crippen molar-refractivity contribution >= 4 is 0 Å². The molecule has 0 aromatic carbocycles. The fraction of sp³-hybridized carbons (Fsp3) is 0.778. The SMILES string of the molecule is CC[N+]1(C)CC=C(C)CC1. The third-order valence-electron chi connectivity index (χ3n) is 2.69. The Morgan fingerprint density at radius 3 is 2.70 bits per heavy atom. The zero-order valence-corrected chi connectivity index (χ0v) is 7.35. The number of rotatable bonds is 1. The van der Waals surface area contributed by atoms with Gasteiger partial charge in [0.05, 0.1) is 26.7 Å². The van der Waals surface area contributed by atoms with Crippen LogP contribution in [-0.2, 0) is 0 Å². The van der Waals surface area contributed by atoms with Crippen molar-refractivity contribution < 1.29 is 4.48 Å². The molecule has 1 heteroatoms. The minimum Gasteiger partial charge on any atom is -0.323 e. The van der Waals surface area contributed by atoms with E-state index in [9.17, 15) is 0 Å². The van der Waals surface area contributed by atoms with Crippen molar-refractivity contribution in [2.24, 2.45) is 0 Å². The van der Waals surface area contributed by atoms with Crippen LogP contribution in [0.2, 0.25) is 0 Å². The molecule has 0 saturated carbocycles. The highest BCUT2D eigenvalue weighted by atomic mass is 15.3. The van der Waals surface area contributed by atoms with Gasteiger partial charge in [-0.2, -0.15) is 0 Å². The summed E-state index contributed by atoms with van der Waals surface area (Å²) < 4.78 is 1.23. The van der Waals surface area contributed by atoms with Gasteiger partial charge in [0.15, 0.2) is 0 Å². The minimum absolute atomic E-state index is 1.23. The van der Waals surface area contributed by atoms with E-state index in [-0.39, 0.29) is 0 Å². The first-order valence-electron chi connectivity index (χ1n) is 4.15. The van der Waals surface area contributed by atoms with Crippen LogP contribution in [0, 0.1) is 0 Å². The van der Waals surface area contributed by atoms with Crippen LogP contribution in [0.25, 0.3) is 0 Å². The average Bonchev–Trinajstić information content (AvgIpc) is 1.96. The molecule has 0 fully saturated rings. The van der Waals surface area contributed by atoms with Gasteiger partial charge in [-0.25, -0.2) is 0 Å². The van der Waals surface area contributed by atoms with Gasteiger partial charge in [0.1, 0.15) is 0 Å². The van der Waals surface area contributed by atoms with Gasteiger partial charge in [-0.15, -0.1) is 0 Å². The van der Waals surface area contributed by atoms with Crippen LogP contribution >= 0.6 is 0 Å². The van der Waals surface area contributed by atoms with Crippen LogP contribution < -0.4 is 0 Å². The topological polar surface area (TPSA) is 0 Å². The Kier molecular flexibility index (Phi) is 2.14. The Hall–Kier alpha value is -0.300. The number of nitrogens with zero attached hydrogens (tertiary/aromatic N) is 1. The average molecular weight is 140 g/mol. The van der Waals surface area contributed by atoms with Crippen molar-refractivity contribution in [2.45, 2.75) is 20.3 Å². The molecule has 1 unspecified atom stereocenters. The maximum atomic E-state index is 2.38. The number of quaternary nitrogens is 1. The Labute approximate surface area is 63.9 Å². The fourth-order valence-electron chi connectivity index (χ4n) is 1.30. The van der Waals surface area contributed by atoms with E-state index in [2.05, 4.69) is 27.0 Å². The Bertz CT molecular complexity index is 149. The molecular formula is C9H18N+. The lowest BCUT2D eigenvalue weighted by Crippen LogP contribution is -2.46. The van der Waals surface area contributed by atoms with Gasteiger partial charge in [-0.1, -0.05) is 5.57 Å². The van der Waals surface area contributed by atoms with Gasteiger partial charge < -0.3 is 4.48 Å². The van der Waals surface area contributed by atoms with E-state index >= 15 is 0 Å². The zero-order chi connectivity index (χ0) is 7.61. The standard InChI is InChI=1S/C9H18N/c1-4-10(3)7-5-9(2)6-8-10/h5H,4,6-8H2,1-3H3/q+1. The molecule has 0 saturated heterocycles. The second kappa shape index (κ2) is 2.75. The Morgan fingerprint density at radius 1 is 1.60 bits per heavy atom. The maximum absolute atomic E-state index is 2.38. The van der Waals surface area contributed by atoms with E-state index in [1.54, 1.807) is 5.57 Å². The van der Waals surface area contributed by atoms with E-state index in [1.165, 1.54) is 30.5 Å². The highest BCUT2D eigenvalue weighted by Gasteiger charge is 2.20. The molecular weight excluding hydrogens is 122 g/mol. The molecule has 1 nitrogen and oxygen atoms in total. The monoisotopic (exact) mass is 140 g/mol. The lowest BCUT2D eigenvalue weighted by Gasteiger charge is -2.35. The van der Waals surface area contributed by atoms with Crippen molar-refractivity contribution in [1.29, 1.82) is 0 Å². The lowest BCUT2D eigenvalue weighted by molar-refractivity contribution is -0.903. The summed E-state index contributed by atoms with van der Waals surface area (Å²) in [7, 11) is 2.34. The molecule has 0 aliphatic carbocycles. The van der Waals surface area contributed by atoms with Crippen LogP contribution in [0.5, 0.6) is 0 Å². The van der Waals surface area contributed by atoms with E-state index in [0.717, 1.165) is 0 Å². The van der Waals surface area contributed by atoms with Gasteiger partial charge >= 0.3 is 0 Å². The molecule has 0 aromatic rings. The number of likely N-dealkylation sites (N-methyl/N-ethyl adjacent to an activating group) is 1.